The Bertz CT molecular complexity index is 163. The molecular weight excluding hydrogens is 167 g/mol. The van der Waals surface area contributed by atoms with Crippen molar-refractivity contribution in [1.82, 2.24) is 10.2 Å². The topological polar surface area (TPSA) is 15.3 Å². The largest absolute Gasteiger partial charge is 0.311 e. The minimum atomic E-state index is -0.234. The van der Waals surface area contributed by atoms with Crippen molar-refractivity contribution >= 4 is 0 Å². The van der Waals surface area contributed by atoms with Crippen LogP contribution >= 0.6 is 0 Å². The lowest BCUT2D eigenvalue weighted by Crippen LogP contribution is -2.62. The molecule has 0 aromatic carbocycles. The second-order valence-electron chi connectivity index (χ2n) is 4.27. The van der Waals surface area contributed by atoms with Crippen molar-refractivity contribution in [2.45, 2.75) is 38.8 Å². The molecule has 1 fully saturated rings. The van der Waals surface area contributed by atoms with E-state index in [0.717, 1.165) is 19.5 Å². The first-order chi connectivity index (χ1) is 6.12. The highest BCUT2D eigenvalue weighted by Crippen LogP contribution is 2.22. The number of halogens is 1. The third kappa shape index (κ3) is 2.41. The standard InChI is InChI=1S/C10H21FN2/c1-4-10(3)8-12-9(2)7-13(10)6-5-11/h9,12H,4-8H2,1-3H3. The van der Waals surface area contributed by atoms with E-state index in [1.807, 2.05) is 0 Å². The van der Waals surface area contributed by atoms with E-state index < -0.39 is 0 Å². The summed E-state index contributed by atoms with van der Waals surface area (Å²) in [4.78, 5) is 2.27. The molecule has 1 rings (SSSR count). The zero-order valence-corrected chi connectivity index (χ0v) is 8.94. The second kappa shape index (κ2) is 4.38. The number of nitrogens with one attached hydrogen (secondary N) is 1. The third-order valence-electron chi connectivity index (χ3n) is 3.21. The molecule has 2 unspecified atom stereocenters. The van der Waals surface area contributed by atoms with Gasteiger partial charge in [-0.15, -0.1) is 0 Å². The van der Waals surface area contributed by atoms with Gasteiger partial charge < -0.3 is 5.32 Å². The van der Waals surface area contributed by atoms with Crippen molar-refractivity contribution in [3.8, 4) is 0 Å². The molecule has 1 heterocycles. The zero-order valence-electron chi connectivity index (χ0n) is 8.94. The molecule has 0 spiro atoms. The van der Waals surface area contributed by atoms with Crippen LogP contribution < -0.4 is 5.32 Å². The molecule has 1 aliphatic heterocycles. The Morgan fingerprint density at radius 1 is 1.62 bits per heavy atom. The highest BCUT2D eigenvalue weighted by atomic mass is 19.1. The molecule has 1 aliphatic rings. The molecule has 0 aromatic heterocycles. The Kier molecular flexibility index (Phi) is 3.68. The number of nitrogens with zero attached hydrogens (tertiary/aromatic N) is 1. The lowest BCUT2D eigenvalue weighted by Gasteiger charge is -2.47. The van der Waals surface area contributed by atoms with Crippen molar-refractivity contribution in [2.24, 2.45) is 0 Å². The van der Waals surface area contributed by atoms with Gasteiger partial charge in [0.05, 0.1) is 0 Å². The summed E-state index contributed by atoms with van der Waals surface area (Å²) in [7, 11) is 0. The number of hydrogen-bond donors (Lipinski definition) is 1. The maximum absolute atomic E-state index is 12.3. The second-order valence-corrected chi connectivity index (χ2v) is 4.27. The summed E-state index contributed by atoms with van der Waals surface area (Å²) in [6, 6.07) is 0.492. The lowest BCUT2D eigenvalue weighted by molar-refractivity contribution is 0.0474. The summed E-state index contributed by atoms with van der Waals surface area (Å²) >= 11 is 0. The van der Waals surface area contributed by atoms with Gasteiger partial charge in [0, 0.05) is 31.2 Å². The molecule has 78 valence electrons. The first-order valence-electron chi connectivity index (χ1n) is 5.17. The number of alkyl halides is 1. The molecular formula is C10H21FN2. The van der Waals surface area contributed by atoms with E-state index in [1.54, 1.807) is 0 Å². The summed E-state index contributed by atoms with van der Waals surface area (Å²) in [6.07, 6.45) is 1.08. The minimum Gasteiger partial charge on any atom is -0.311 e. The van der Waals surface area contributed by atoms with Gasteiger partial charge in [0.2, 0.25) is 0 Å². The SMILES string of the molecule is CCC1(C)CNC(C)CN1CCF. The summed E-state index contributed by atoms with van der Waals surface area (Å²) in [5, 5.41) is 3.45. The lowest BCUT2D eigenvalue weighted by atomic mass is 9.92. The molecule has 3 heteroatoms. The summed E-state index contributed by atoms with van der Waals surface area (Å²) in [6.45, 7) is 8.82. The van der Waals surface area contributed by atoms with E-state index in [9.17, 15) is 4.39 Å². The summed E-state index contributed by atoms with van der Waals surface area (Å²) in [5.41, 5.74) is 0.151. The molecule has 0 aromatic rings. The van der Waals surface area contributed by atoms with Crippen molar-refractivity contribution in [1.29, 1.82) is 0 Å². The van der Waals surface area contributed by atoms with Crippen LogP contribution in [-0.4, -0.2) is 42.8 Å². The predicted molar refractivity (Wildman–Crippen MR) is 53.7 cm³/mol. The molecule has 0 bridgehead atoms. The van der Waals surface area contributed by atoms with Gasteiger partial charge in [0.25, 0.3) is 0 Å². The van der Waals surface area contributed by atoms with Crippen LogP contribution in [0.5, 0.6) is 0 Å². The van der Waals surface area contributed by atoms with Gasteiger partial charge >= 0.3 is 0 Å². The normalized spacial score (nSPS) is 36.5. The highest BCUT2D eigenvalue weighted by molar-refractivity contribution is 4.93. The average molecular weight is 188 g/mol. The van der Waals surface area contributed by atoms with Gasteiger partial charge in [-0.2, -0.15) is 0 Å². The van der Waals surface area contributed by atoms with E-state index in [2.05, 4.69) is 31.0 Å². The summed E-state index contributed by atoms with van der Waals surface area (Å²) < 4.78 is 12.3. The van der Waals surface area contributed by atoms with E-state index in [-0.39, 0.29) is 12.2 Å². The van der Waals surface area contributed by atoms with Crippen LogP contribution in [0.4, 0.5) is 4.39 Å². The van der Waals surface area contributed by atoms with Crippen LogP contribution in [0.2, 0.25) is 0 Å². The fraction of sp³-hybridized carbons (Fsp3) is 1.00. The molecule has 13 heavy (non-hydrogen) atoms. The number of piperazine rings is 1. The molecule has 2 atom stereocenters. The van der Waals surface area contributed by atoms with Crippen LogP contribution in [0, 0.1) is 0 Å². The molecule has 2 nitrogen and oxygen atoms in total. The Hall–Kier alpha value is -0.150. The highest BCUT2D eigenvalue weighted by Gasteiger charge is 2.34. The first-order valence-corrected chi connectivity index (χ1v) is 5.17. The van der Waals surface area contributed by atoms with Gasteiger partial charge in [-0.3, -0.25) is 4.90 Å². The van der Waals surface area contributed by atoms with Gasteiger partial charge in [-0.25, -0.2) is 4.39 Å². The molecule has 0 amide bonds. The zero-order chi connectivity index (χ0) is 9.90. The van der Waals surface area contributed by atoms with Crippen molar-refractivity contribution < 1.29 is 4.39 Å². The van der Waals surface area contributed by atoms with Gasteiger partial charge in [-0.1, -0.05) is 6.92 Å². The first kappa shape index (κ1) is 10.9. The maximum Gasteiger partial charge on any atom is 0.102 e. The Labute approximate surface area is 80.5 Å². The third-order valence-corrected chi connectivity index (χ3v) is 3.21. The number of hydrogen-bond acceptors (Lipinski definition) is 2. The quantitative estimate of drug-likeness (QED) is 0.720. The predicted octanol–water partition coefficient (Wildman–Crippen LogP) is 1.42. The van der Waals surface area contributed by atoms with E-state index in [0.29, 0.717) is 12.6 Å². The van der Waals surface area contributed by atoms with Crippen LogP contribution in [-0.2, 0) is 0 Å². The maximum atomic E-state index is 12.3. The van der Waals surface area contributed by atoms with Crippen LogP contribution in [0.1, 0.15) is 27.2 Å². The van der Waals surface area contributed by atoms with Gasteiger partial charge in [-0.05, 0) is 20.3 Å². The van der Waals surface area contributed by atoms with Crippen molar-refractivity contribution in [3.63, 3.8) is 0 Å². The van der Waals surface area contributed by atoms with Crippen molar-refractivity contribution in [3.05, 3.63) is 0 Å². The van der Waals surface area contributed by atoms with E-state index in [4.69, 9.17) is 0 Å². The Morgan fingerprint density at radius 3 is 2.85 bits per heavy atom. The van der Waals surface area contributed by atoms with Gasteiger partial charge in [0.15, 0.2) is 0 Å². The van der Waals surface area contributed by atoms with Gasteiger partial charge in [0.1, 0.15) is 6.67 Å². The fourth-order valence-electron chi connectivity index (χ4n) is 1.93. The summed E-state index contributed by atoms with van der Waals surface area (Å²) in [5.74, 6) is 0. The van der Waals surface area contributed by atoms with E-state index >= 15 is 0 Å². The molecule has 1 saturated heterocycles. The minimum absolute atomic E-state index is 0.151. The van der Waals surface area contributed by atoms with Crippen LogP contribution in [0.25, 0.3) is 0 Å². The van der Waals surface area contributed by atoms with Crippen molar-refractivity contribution in [2.75, 3.05) is 26.3 Å². The Morgan fingerprint density at radius 2 is 2.31 bits per heavy atom. The van der Waals surface area contributed by atoms with Crippen LogP contribution in [0.15, 0.2) is 0 Å². The number of rotatable bonds is 3. The van der Waals surface area contributed by atoms with Crippen LogP contribution in [0.3, 0.4) is 0 Å². The Balaban J connectivity index is 2.60. The molecule has 1 N–H and O–H groups in total. The monoisotopic (exact) mass is 188 g/mol. The molecule has 0 aliphatic carbocycles. The van der Waals surface area contributed by atoms with E-state index in [1.165, 1.54) is 0 Å². The molecule has 0 saturated carbocycles. The molecule has 0 radical (unpaired) electrons. The average Bonchev–Trinajstić information content (AvgIpc) is 2.12. The fourth-order valence-corrected chi connectivity index (χ4v) is 1.93. The smallest absolute Gasteiger partial charge is 0.102 e.